The Morgan fingerprint density at radius 1 is 1.37 bits per heavy atom. The SMILES string of the molecule is Cc1sc(NC(=O)[C@@]2(C)CC2(Cl)Cl)c(C(N)=O)c1C. The average molecular weight is 321 g/mol. The van der Waals surface area contributed by atoms with Crippen molar-refractivity contribution in [2.24, 2.45) is 11.1 Å². The van der Waals surface area contributed by atoms with Crippen LogP contribution in [0.5, 0.6) is 0 Å². The second kappa shape index (κ2) is 4.36. The number of aryl methyl sites for hydroxylation is 1. The van der Waals surface area contributed by atoms with Gasteiger partial charge in [0.25, 0.3) is 5.91 Å². The lowest BCUT2D eigenvalue weighted by molar-refractivity contribution is -0.120. The molecule has 1 aromatic rings. The van der Waals surface area contributed by atoms with E-state index in [2.05, 4.69) is 5.32 Å². The lowest BCUT2D eigenvalue weighted by atomic mass is 10.1. The van der Waals surface area contributed by atoms with Crippen LogP contribution < -0.4 is 11.1 Å². The molecule has 1 fully saturated rings. The van der Waals surface area contributed by atoms with Crippen molar-refractivity contribution in [3.63, 3.8) is 0 Å². The van der Waals surface area contributed by atoms with Gasteiger partial charge >= 0.3 is 0 Å². The van der Waals surface area contributed by atoms with E-state index >= 15 is 0 Å². The number of nitrogens with two attached hydrogens (primary N) is 1. The molecule has 0 aliphatic heterocycles. The van der Waals surface area contributed by atoms with E-state index in [1.54, 1.807) is 13.8 Å². The van der Waals surface area contributed by atoms with Crippen LogP contribution in [0.3, 0.4) is 0 Å². The minimum atomic E-state index is -1.04. The summed E-state index contributed by atoms with van der Waals surface area (Å²) in [6.45, 7) is 5.36. The summed E-state index contributed by atoms with van der Waals surface area (Å²) in [5, 5.41) is 3.18. The van der Waals surface area contributed by atoms with Crippen LogP contribution in [-0.4, -0.2) is 16.1 Å². The first-order chi connectivity index (χ1) is 8.60. The average Bonchev–Trinajstić information content (AvgIpc) is 2.64. The Morgan fingerprint density at radius 2 is 1.89 bits per heavy atom. The standard InChI is InChI=1S/C12H14Cl2N2O2S/c1-5-6(2)19-9(7(5)8(15)17)16-10(18)11(3)4-12(11,13)14/h4H2,1-3H3,(H2,15,17)(H,16,18)/t11-/m1/s1. The number of alkyl halides is 2. The Bertz CT molecular complexity index is 583. The van der Waals surface area contributed by atoms with Crippen molar-refractivity contribution in [1.29, 1.82) is 0 Å². The maximum Gasteiger partial charge on any atom is 0.251 e. The molecule has 1 aromatic heterocycles. The third-order valence-electron chi connectivity index (χ3n) is 3.62. The smallest absolute Gasteiger partial charge is 0.251 e. The van der Waals surface area contributed by atoms with E-state index in [1.165, 1.54) is 11.3 Å². The minimum absolute atomic E-state index is 0.291. The zero-order chi connectivity index (χ0) is 14.6. The summed E-state index contributed by atoms with van der Waals surface area (Å²) in [6.07, 6.45) is 0.393. The summed E-state index contributed by atoms with van der Waals surface area (Å²) < 4.78 is -1.04. The van der Waals surface area contributed by atoms with Crippen LogP contribution in [0.25, 0.3) is 0 Å². The number of nitrogens with one attached hydrogen (secondary N) is 1. The summed E-state index contributed by atoms with van der Waals surface area (Å²) in [6, 6.07) is 0. The fourth-order valence-corrected chi connectivity index (χ4v) is 3.67. The van der Waals surface area contributed by atoms with Gasteiger partial charge in [0.1, 0.15) is 9.33 Å². The molecule has 4 nitrogen and oxygen atoms in total. The number of rotatable bonds is 3. The molecular weight excluding hydrogens is 307 g/mol. The minimum Gasteiger partial charge on any atom is -0.365 e. The van der Waals surface area contributed by atoms with Crippen molar-refractivity contribution in [1.82, 2.24) is 0 Å². The zero-order valence-corrected chi connectivity index (χ0v) is 13.1. The number of carbonyl (C=O) groups excluding carboxylic acids is 2. The number of hydrogen-bond acceptors (Lipinski definition) is 3. The van der Waals surface area contributed by atoms with Gasteiger partial charge in [-0.2, -0.15) is 0 Å². The van der Waals surface area contributed by atoms with E-state index in [4.69, 9.17) is 28.9 Å². The monoisotopic (exact) mass is 320 g/mol. The molecule has 3 N–H and O–H groups in total. The molecule has 2 amide bonds. The van der Waals surface area contributed by atoms with Gasteiger partial charge in [0, 0.05) is 4.88 Å². The molecule has 1 atom stereocenters. The van der Waals surface area contributed by atoms with Crippen molar-refractivity contribution < 1.29 is 9.59 Å². The maximum absolute atomic E-state index is 12.2. The molecule has 19 heavy (non-hydrogen) atoms. The molecule has 0 spiro atoms. The van der Waals surface area contributed by atoms with Crippen molar-refractivity contribution >= 4 is 51.4 Å². The predicted molar refractivity (Wildman–Crippen MR) is 78.1 cm³/mol. The summed E-state index contributed by atoms with van der Waals surface area (Å²) >= 11 is 13.3. The van der Waals surface area contributed by atoms with Crippen LogP contribution in [0.4, 0.5) is 5.00 Å². The van der Waals surface area contributed by atoms with E-state index in [0.29, 0.717) is 17.0 Å². The second-order valence-electron chi connectivity index (χ2n) is 5.02. The molecule has 0 aromatic carbocycles. The van der Waals surface area contributed by atoms with E-state index in [9.17, 15) is 9.59 Å². The highest BCUT2D eigenvalue weighted by molar-refractivity contribution is 7.16. The summed E-state index contributed by atoms with van der Waals surface area (Å²) in [7, 11) is 0. The van der Waals surface area contributed by atoms with E-state index < -0.39 is 15.7 Å². The van der Waals surface area contributed by atoms with Crippen molar-refractivity contribution in [2.45, 2.75) is 31.5 Å². The lowest BCUT2D eigenvalue weighted by Gasteiger charge is -2.12. The first-order valence-electron chi connectivity index (χ1n) is 5.69. The van der Waals surface area contributed by atoms with E-state index in [0.717, 1.165) is 10.4 Å². The molecule has 0 saturated heterocycles. The van der Waals surface area contributed by atoms with Gasteiger partial charge in [-0.25, -0.2) is 0 Å². The topological polar surface area (TPSA) is 72.2 Å². The van der Waals surface area contributed by atoms with Crippen LogP contribution in [0.15, 0.2) is 0 Å². The van der Waals surface area contributed by atoms with E-state index in [-0.39, 0.29) is 5.91 Å². The van der Waals surface area contributed by atoms with Gasteiger partial charge in [0.2, 0.25) is 5.91 Å². The first-order valence-corrected chi connectivity index (χ1v) is 7.26. The number of hydrogen-bond donors (Lipinski definition) is 2. The van der Waals surface area contributed by atoms with Crippen molar-refractivity contribution in [3.05, 3.63) is 16.0 Å². The van der Waals surface area contributed by atoms with Crippen molar-refractivity contribution in [2.75, 3.05) is 5.32 Å². The third-order valence-corrected chi connectivity index (χ3v) is 5.84. The third kappa shape index (κ3) is 2.24. The van der Waals surface area contributed by atoms with E-state index in [1.807, 2.05) is 6.92 Å². The number of thiophene rings is 1. The van der Waals surface area contributed by atoms with Gasteiger partial charge in [-0.05, 0) is 32.8 Å². The maximum atomic E-state index is 12.2. The number of halogens is 2. The van der Waals surface area contributed by atoms with Gasteiger partial charge in [-0.3, -0.25) is 9.59 Å². The van der Waals surface area contributed by atoms with Gasteiger partial charge in [-0.1, -0.05) is 0 Å². The first kappa shape index (κ1) is 14.6. The van der Waals surface area contributed by atoms with Gasteiger partial charge in [0.05, 0.1) is 11.0 Å². The second-order valence-corrected chi connectivity index (χ2v) is 7.73. The molecule has 0 radical (unpaired) electrons. The number of primary amides is 1. The molecule has 7 heteroatoms. The predicted octanol–water partition coefficient (Wildman–Crippen LogP) is 2.99. The Labute approximate surface area is 125 Å². The quantitative estimate of drug-likeness (QED) is 0.840. The fraction of sp³-hybridized carbons (Fsp3) is 0.500. The largest absolute Gasteiger partial charge is 0.365 e. The lowest BCUT2D eigenvalue weighted by Crippen LogP contribution is -2.26. The number of anilines is 1. The summed E-state index contributed by atoms with van der Waals surface area (Å²) in [5.74, 6) is -0.845. The highest BCUT2D eigenvalue weighted by atomic mass is 35.5. The number of amides is 2. The normalized spacial score (nSPS) is 24.1. The highest BCUT2D eigenvalue weighted by Crippen LogP contribution is 2.64. The molecule has 1 aliphatic rings. The Kier molecular flexibility index (Phi) is 3.36. The van der Waals surface area contributed by atoms with Crippen LogP contribution in [0.1, 0.15) is 34.1 Å². The van der Waals surface area contributed by atoms with Gasteiger partial charge < -0.3 is 11.1 Å². The van der Waals surface area contributed by atoms with Crippen LogP contribution in [0.2, 0.25) is 0 Å². The number of carbonyl (C=O) groups is 2. The Balaban J connectivity index is 2.28. The fourth-order valence-electron chi connectivity index (χ4n) is 1.90. The molecule has 104 valence electrons. The molecule has 1 heterocycles. The van der Waals surface area contributed by atoms with Gasteiger partial charge in [-0.15, -0.1) is 34.5 Å². The Hall–Kier alpha value is -0.780. The summed E-state index contributed by atoms with van der Waals surface area (Å²) in [5.41, 5.74) is 5.67. The molecule has 1 saturated carbocycles. The molecule has 1 aliphatic carbocycles. The van der Waals surface area contributed by atoms with Crippen LogP contribution >= 0.6 is 34.5 Å². The molecule has 0 bridgehead atoms. The zero-order valence-electron chi connectivity index (χ0n) is 10.8. The Morgan fingerprint density at radius 3 is 2.32 bits per heavy atom. The molecule has 2 rings (SSSR count). The highest BCUT2D eigenvalue weighted by Gasteiger charge is 2.68. The molecule has 0 unspecified atom stereocenters. The van der Waals surface area contributed by atoms with Crippen LogP contribution in [0, 0.1) is 19.3 Å². The van der Waals surface area contributed by atoms with Gasteiger partial charge in [0.15, 0.2) is 0 Å². The molecular formula is C12H14Cl2N2O2S. The van der Waals surface area contributed by atoms with Crippen LogP contribution in [-0.2, 0) is 4.79 Å². The van der Waals surface area contributed by atoms with Crippen molar-refractivity contribution in [3.8, 4) is 0 Å². The summed E-state index contributed by atoms with van der Waals surface area (Å²) in [4.78, 5) is 24.6.